The van der Waals surface area contributed by atoms with Crippen molar-refractivity contribution in [1.82, 2.24) is 4.31 Å². The Balaban J connectivity index is 1.63. The summed E-state index contributed by atoms with van der Waals surface area (Å²) in [5.41, 5.74) is 1.85. The van der Waals surface area contributed by atoms with Gasteiger partial charge in [0.25, 0.3) is 0 Å². The van der Waals surface area contributed by atoms with Crippen molar-refractivity contribution in [3.63, 3.8) is 0 Å². The molecule has 0 aliphatic carbocycles. The third-order valence-electron chi connectivity index (χ3n) is 4.59. The van der Waals surface area contributed by atoms with Gasteiger partial charge in [0.2, 0.25) is 10.0 Å². The maximum absolute atomic E-state index is 12.9. The van der Waals surface area contributed by atoms with Gasteiger partial charge in [-0.1, -0.05) is 18.2 Å². The molecule has 2 aromatic carbocycles. The first-order valence-corrected chi connectivity index (χ1v) is 10.9. The monoisotopic (exact) mass is 419 g/mol. The van der Waals surface area contributed by atoms with Gasteiger partial charge in [0.15, 0.2) is 0 Å². The van der Waals surface area contributed by atoms with E-state index in [2.05, 4.69) is 0 Å². The fourth-order valence-corrected chi connectivity index (χ4v) is 4.67. The predicted molar refractivity (Wildman–Crippen MR) is 108 cm³/mol. The number of sulfonamides is 1. The molecule has 29 heavy (non-hydrogen) atoms. The van der Waals surface area contributed by atoms with Crippen molar-refractivity contribution < 1.29 is 27.4 Å². The van der Waals surface area contributed by atoms with E-state index in [4.69, 9.17) is 14.2 Å². The Morgan fingerprint density at radius 3 is 2.55 bits per heavy atom. The van der Waals surface area contributed by atoms with Crippen LogP contribution in [0.2, 0.25) is 0 Å². The third-order valence-corrected chi connectivity index (χ3v) is 6.63. The predicted octanol–water partition coefficient (Wildman–Crippen LogP) is 2.56. The van der Waals surface area contributed by atoms with E-state index in [-0.39, 0.29) is 23.7 Å². The van der Waals surface area contributed by atoms with E-state index in [1.165, 1.54) is 10.4 Å². The molecule has 0 atom stereocenters. The van der Waals surface area contributed by atoms with Crippen molar-refractivity contribution in [3.8, 4) is 5.75 Å². The number of aryl methyl sites for hydroxylation is 2. The van der Waals surface area contributed by atoms with Crippen LogP contribution in [0.5, 0.6) is 5.75 Å². The highest BCUT2D eigenvalue weighted by atomic mass is 32.2. The zero-order chi connectivity index (χ0) is 20.9. The zero-order valence-electron chi connectivity index (χ0n) is 16.6. The standard InChI is InChI=1S/C21H25NO6S/c1-16-4-3-5-19(14-16)27-12-13-28-21(23)18-7-6-17(2)20(15-18)29(24,25)22-8-10-26-11-9-22/h3-7,14-15H,8-13H2,1-2H3. The first kappa shape index (κ1) is 21.3. The molecule has 3 rings (SSSR count). The maximum atomic E-state index is 12.9. The molecule has 8 heteroatoms. The fraction of sp³-hybridized carbons (Fsp3) is 0.381. The second-order valence-electron chi connectivity index (χ2n) is 6.80. The molecular weight excluding hydrogens is 394 g/mol. The minimum absolute atomic E-state index is 0.0617. The summed E-state index contributed by atoms with van der Waals surface area (Å²) in [6.07, 6.45) is 0. The van der Waals surface area contributed by atoms with Crippen molar-refractivity contribution in [1.29, 1.82) is 0 Å². The van der Waals surface area contributed by atoms with Crippen LogP contribution in [0.1, 0.15) is 21.5 Å². The van der Waals surface area contributed by atoms with E-state index in [0.717, 1.165) is 5.56 Å². The van der Waals surface area contributed by atoms with Crippen molar-refractivity contribution in [2.75, 3.05) is 39.5 Å². The fourth-order valence-electron chi connectivity index (χ4n) is 3.01. The average molecular weight is 419 g/mol. The van der Waals surface area contributed by atoms with Gasteiger partial charge in [-0.05, 0) is 49.2 Å². The van der Waals surface area contributed by atoms with Crippen LogP contribution in [-0.4, -0.2) is 58.2 Å². The first-order chi connectivity index (χ1) is 13.9. The summed E-state index contributed by atoms with van der Waals surface area (Å²) in [4.78, 5) is 12.5. The Morgan fingerprint density at radius 1 is 1.07 bits per heavy atom. The Labute approximate surface area is 171 Å². The van der Waals surface area contributed by atoms with Crippen molar-refractivity contribution in [2.24, 2.45) is 0 Å². The molecule has 0 bridgehead atoms. The number of carbonyl (C=O) groups excluding carboxylic acids is 1. The van der Waals surface area contributed by atoms with Gasteiger partial charge in [0, 0.05) is 13.1 Å². The highest BCUT2D eigenvalue weighted by Crippen LogP contribution is 2.22. The van der Waals surface area contributed by atoms with E-state index >= 15 is 0 Å². The number of hydrogen-bond acceptors (Lipinski definition) is 6. The summed E-state index contributed by atoms with van der Waals surface area (Å²) in [7, 11) is -3.69. The van der Waals surface area contributed by atoms with Crippen molar-refractivity contribution in [2.45, 2.75) is 18.7 Å². The second kappa shape index (κ2) is 9.39. The number of esters is 1. The third kappa shape index (κ3) is 5.35. The number of morpholine rings is 1. The lowest BCUT2D eigenvalue weighted by Crippen LogP contribution is -2.40. The van der Waals surface area contributed by atoms with Crippen LogP contribution in [-0.2, 0) is 19.5 Å². The lowest BCUT2D eigenvalue weighted by Gasteiger charge is -2.26. The van der Waals surface area contributed by atoms with Gasteiger partial charge in [-0.3, -0.25) is 0 Å². The number of nitrogens with zero attached hydrogens (tertiary/aromatic N) is 1. The molecule has 1 aliphatic heterocycles. The lowest BCUT2D eigenvalue weighted by atomic mass is 10.1. The number of rotatable bonds is 7. The minimum atomic E-state index is -3.69. The molecule has 7 nitrogen and oxygen atoms in total. The van der Waals surface area contributed by atoms with E-state index in [1.54, 1.807) is 19.1 Å². The van der Waals surface area contributed by atoms with Gasteiger partial charge in [0.05, 0.1) is 23.7 Å². The molecule has 0 aromatic heterocycles. The van der Waals surface area contributed by atoms with Gasteiger partial charge in [-0.25, -0.2) is 13.2 Å². The number of benzene rings is 2. The summed E-state index contributed by atoms with van der Waals surface area (Å²) in [6, 6.07) is 12.1. The van der Waals surface area contributed by atoms with Crippen LogP contribution in [0, 0.1) is 13.8 Å². The van der Waals surface area contributed by atoms with E-state index in [1.807, 2.05) is 31.2 Å². The summed E-state index contributed by atoms with van der Waals surface area (Å²) >= 11 is 0. The highest BCUT2D eigenvalue weighted by Gasteiger charge is 2.28. The van der Waals surface area contributed by atoms with E-state index < -0.39 is 16.0 Å². The molecule has 0 N–H and O–H groups in total. The summed E-state index contributed by atoms with van der Waals surface area (Å²) in [6.45, 7) is 5.26. The largest absolute Gasteiger partial charge is 0.490 e. The lowest BCUT2D eigenvalue weighted by molar-refractivity contribution is 0.0450. The second-order valence-corrected chi connectivity index (χ2v) is 8.70. The highest BCUT2D eigenvalue weighted by molar-refractivity contribution is 7.89. The molecule has 1 saturated heterocycles. The Kier molecular flexibility index (Phi) is 6.89. The topological polar surface area (TPSA) is 82.1 Å². The minimum Gasteiger partial charge on any atom is -0.490 e. The number of hydrogen-bond donors (Lipinski definition) is 0. The van der Waals surface area contributed by atoms with Crippen LogP contribution in [0.15, 0.2) is 47.4 Å². The van der Waals surface area contributed by atoms with Crippen LogP contribution in [0.25, 0.3) is 0 Å². The molecule has 1 heterocycles. The molecule has 1 aliphatic rings. The Hall–Kier alpha value is -2.42. The molecule has 156 valence electrons. The zero-order valence-corrected chi connectivity index (χ0v) is 17.4. The van der Waals surface area contributed by atoms with Gasteiger partial charge in [-0.15, -0.1) is 0 Å². The normalized spacial score (nSPS) is 15.1. The van der Waals surface area contributed by atoms with E-state index in [0.29, 0.717) is 37.6 Å². The van der Waals surface area contributed by atoms with E-state index in [9.17, 15) is 13.2 Å². The smallest absolute Gasteiger partial charge is 0.338 e. The molecule has 0 spiro atoms. The molecular formula is C21H25NO6S. The van der Waals surface area contributed by atoms with Crippen molar-refractivity contribution in [3.05, 3.63) is 59.2 Å². The summed E-state index contributed by atoms with van der Waals surface area (Å²) in [5, 5.41) is 0. The summed E-state index contributed by atoms with van der Waals surface area (Å²) < 4.78 is 43.3. The van der Waals surface area contributed by atoms with Crippen LogP contribution in [0.3, 0.4) is 0 Å². The molecule has 0 radical (unpaired) electrons. The first-order valence-electron chi connectivity index (χ1n) is 9.43. The SMILES string of the molecule is Cc1cccc(OCCOC(=O)c2ccc(C)c(S(=O)(=O)N3CCOCC3)c2)c1. The van der Waals surface area contributed by atoms with Crippen LogP contribution >= 0.6 is 0 Å². The quantitative estimate of drug-likeness (QED) is 0.507. The van der Waals surface area contributed by atoms with Gasteiger partial charge < -0.3 is 14.2 Å². The molecule has 0 amide bonds. The van der Waals surface area contributed by atoms with Crippen molar-refractivity contribution >= 4 is 16.0 Å². The summed E-state index contributed by atoms with van der Waals surface area (Å²) in [5.74, 6) is 0.117. The van der Waals surface area contributed by atoms with Gasteiger partial charge in [0.1, 0.15) is 19.0 Å². The molecule has 2 aromatic rings. The molecule has 0 saturated carbocycles. The van der Waals surface area contributed by atoms with Gasteiger partial charge in [-0.2, -0.15) is 4.31 Å². The number of ether oxygens (including phenoxy) is 3. The van der Waals surface area contributed by atoms with Crippen LogP contribution in [0.4, 0.5) is 0 Å². The Bertz CT molecular complexity index is 967. The maximum Gasteiger partial charge on any atom is 0.338 e. The van der Waals surface area contributed by atoms with Gasteiger partial charge >= 0.3 is 5.97 Å². The van der Waals surface area contributed by atoms with Crippen LogP contribution < -0.4 is 4.74 Å². The Morgan fingerprint density at radius 2 is 1.83 bits per heavy atom. The number of carbonyl (C=O) groups is 1. The average Bonchev–Trinajstić information content (AvgIpc) is 2.72. The molecule has 1 fully saturated rings. The molecule has 0 unspecified atom stereocenters.